The number of carbonyl (C=O) groups is 1. The number of halogens is 1. The zero-order valence-corrected chi connectivity index (χ0v) is 20.0. The van der Waals surface area contributed by atoms with Crippen LogP contribution in [0.3, 0.4) is 0 Å². The average Bonchev–Trinajstić information content (AvgIpc) is 3.27. The summed E-state index contributed by atoms with van der Waals surface area (Å²) in [6, 6.07) is 17.3. The third kappa shape index (κ3) is 5.97. The number of fused-ring (bicyclic) bond motifs is 1. The monoisotopic (exact) mass is 512 g/mol. The third-order valence-electron chi connectivity index (χ3n) is 5.07. The first kappa shape index (κ1) is 22.9. The number of rotatable bonds is 9. The lowest BCUT2D eigenvalue weighted by atomic mass is 10.1. The molecule has 1 aliphatic heterocycles. The lowest BCUT2D eigenvalue weighted by Crippen LogP contribution is -2.20. The van der Waals surface area contributed by atoms with Gasteiger partial charge in [0.2, 0.25) is 6.79 Å². The van der Waals surface area contributed by atoms with Gasteiger partial charge in [-0.25, -0.2) is 0 Å². The molecule has 0 spiro atoms. The van der Waals surface area contributed by atoms with Crippen molar-refractivity contribution in [3.8, 4) is 23.0 Å². The number of carbonyl (C=O) groups excluding carboxylic acids is 1. The summed E-state index contributed by atoms with van der Waals surface area (Å²) in [4.78, 5) is 12.3. The topological polar surface area (TPSA) is 78.1 Å². The summed E-state index contributed by atoms with van der Waals surface area (Å²) < 4.78 is 22.7. The molecule has 0 bridgehead atoms. The first-order valence-corrected chi connectivity index (χ1v) is 11.3. The molecule has 0 saturated carbocycles. The van der Waals surface area contributed by atoms with Crippen LogP contribution in [0.5, 0.6) is 23.0 Å². The first-order valence-electron chi connectivity index (χ1n) is 10.5. The molecule has 0 aromatic heterocycles. The van der Waals surface area contributed by atoms with Crippen LogP contribution in [-0.2, 0) is 17.9 Å². The van der Waals surface area contributed by atoms with Gasteiger partial charge in [-0.05, 0) is 70.4 Å². The van der Waals surface area contributed by atoms with Crippen LogP contribution in [0.15, 0.2) is 59.1 Å². The second-order valence-electron chi connectivity index (χ2n) is 7.60. The molecule has 33 heavy (non-hydrogen) atoms. The van der Waals surface area contributed by atoms with Crippen LogP contribution in [0.4, 0.5) is 5.69 Å². The largest absolute Gasteiger partial charge is 0.493 e. The fourth-order valence-corrected chi connectivity index (χ4v) is 3.99. The number of ether oxygens (including phenoxy) is 4. The van der Waals surface area contributed by atoms with Gasteiger partial charge in [-0.2, -0.15) is 0 Å². The van der Waals surface area contributed by atoms with Crippen LogP contribution in [0, 0.1) is 6.92 Å². The summed E-state index contributed by atoms with van der Waals surface area (Å²) in [5, 5.41) is 6.23. The van der Waals surface area contributed by atoms with Crippen LogP contribution in [-0.4, -0.2) is 26.4 Å². The predicted octanol–water partition coefficient (Wildman–Crippen LogP) is 4.80. The van der Waals surface area contributed by atoms with Crippen molar-refractivity contribution in [2.45, 2.75) is 20.0 Å². The van der Waals surface area contributed by atoms with Gasteiger partial charge in [0, 0.05) is 18.8 Å². The van der Waals surface area contributed by atoms with Crippen molar-refractivity contribution in [2.24, 2.45) is 0 Å². The molecular formula is C25H25BrN2O5. The van der Waals surface area contributed by atoms with E-state index in [1.807, 2.05) is 61.5 Å². The second kappa shape index (κ2) is 10.6. The van der Waals surface area contributed by atoms with Crippen molar-refractivity contribution in [3.63, 3.8) is 0 Å². The predicted molar refractivity (Wildman–Crippen MR) is 129 cm³/mol. The molecule has 1 heterocycles. The Balaban J connectivity index is 1.33. The molecule has 8 heteroatoms. The summed E-state index contributed by atoms with van der Waals surface area (Å²) in [6.07, 6.45) is 0. The van der Waals surface area contributed by atoms with Gasteiger partial charge >= 0.3 is 0 Å². The first-order chi connectivity index (χ1) is 16.0. The highest BCUT2D eigenvalue weighted by Crippen LogP contribution is 2.37. The molecule has 0 atom stereocenters. The van der Waals surface area contributed by atoms with Crippen LogP contribution >= 0.6 is 15.9 Å². The van der Waals surface area contributed by atoms with Crippen LogP contribution in [0.2, 0.25) is 0 Å². The quantitative estimate of drug-likeness (QED) is 0.428. The smallest absolute Gasteiger partial charge is 0.262 e. The van der Waals surface area contributed by atoms with Gasteiger partial charge < -0.3 is 29.6 Å². The van der Waals surface area contributed by atoms with Crippen molar-refractivity contribution in [3.05, 3.63) is 75.8 Å². The maximum Gasteiger partial charge on any atom is 0.262 e. The molecule has 1 amide bonds. The highest BCUT2D eigenvalue weighted by molar-refractivity contribution is 9.10. The summed E-state index contributed by atoms with van der Waals surface area (Å²) in [5.41, 5.74) is 3.97. The number of anilines is 1. The Bertz CT molecular complexity index is 1130. The number of hydrogen-bond acceptors (Lipinski definition) is 6. The lowest BCUT2D eigenvalue weighted by Gasteiger charge is -2.15. The van der Waals surface area contributed by atoms with E-state index in [0.717, 1.165) is 33.9 Å². The standard InChI is InChI=1S/C25H25BrN2O5/c1-16-3-6-19(7-4-16)28-24(29)14-31-25-20(26)9-18(11-23(25)30-2)13-27-12-17-5-8-21-22(10-17)33-15-32-21/h3-11,27H,12-15H2,1-2H3,(H,28,29). The molecule has 4 rings (SSSR count). The number of benzene rings is 3. The van der Waals surface area contributed by atoms with E-state index in [1.54, 1.807) is 7.11 Å². The maximum absolute atomic E-state index is 12.3. The van der Waals surface area contributed by atoms with Crippen molar-refractivity contribution in [1.29, 1.82) is 0 Å². The number of methoxy groups -OCH3 is 1. The van der Waals surface area contributed by atoms with Crippen molar-refractivity contribution in [1.82, 2.24) is 5.32 Å². The van der Waals surface area contributed by atoms with E-state index >= 15 is 0 Å². The van der Waals surface area contributed by atoms with E-state index in [-0.39, 0.29) is 19.3 Å². The minimum absolute atomic E-state index is 0.134. The summed E-state index contributed by atoms with van der Waals surface area (Å²) in [6.45, 7) is 3.42. The van der Waals surface area contributed by atoms with E-state index in [4.69, 9.17) is 18.9 Å². The SMILES string of the molecule is COc1cc(CNCc2ccc3c(c2)OCO3)cc(Br)c1OCC(=O)Nc1ccc(C)cc1. The van der Waals surface area contributed by atoms with Gasteiger partial charge in [0.1, 0.15) is 0 Å². The second-order valence-corrected chi connectivity index (χ2v) is 8.46. The zero-order chi connectivity index (χ0) is 23.2. The molecule has 0 aliphatic carbocycles. The van der Waals surface area contributed by atoms with Crippen molar-refractivity contribution in [2.75, 3.05) is 25.8 Å². The minimum atomic E-state index is -0.248. The van der Waals surface area contributed by atoms with E-state index in [9.17, 15) is 4.79 Å². The van der Waals surface area contributed by atoms with E-state index in [0.29, 0.717) is 29.1 Å². The summed E-state index contributed by atoms with van der Waals surface area (Å²) in [5.74, 6) is 2.33. The Morgan fingerprint density at radius 2 is 1.76 bits per heavy atom. The lowest BCUT2D eigenvalue weighted by molar-refractivity contribution is -0.118. The van der Waals surface area contributed by atoms with Crippen LogP contribution in [0.25, 0.3) is 0 Å². The zero-order valence-electron chi connectivity index (χ0n) is 18.4. The molecule has 0 unspecified atom stereocenters. The molecule has 7 nitrogen and oxygen atoms in total. The molecule has 0 radical (unpaired) electrons. The Morgan fingerprint density at radius 1 is 1.00 bits per heavy atom. The Kier molecular flexibility index (Phi) is 7.36. The molecule has 0 saturated heterocycles. The molecule has 1 aliphatic rings. The fourth-order valence-electron chi connectivity index (χ4n) is 3.39. The average molecular weight is 513 g/mol. The minimum Gasteiger partial charge on any atom is -0.493 e. The number of amides is 1. The fraction of sp³-hybridized carbons (Fsp3) is 0.240. The molecule has 172 valence electrons. The van der Waals surface area contributed by atoms with E-state index in [2.05, 4.69) is 26.6 Å². The molecule has 0 fully saturated rings. The molecule has 2 N–H and O–H groups in total. The molecule has 3 aromatic carbocycles. The normalized spacial score (nSPS) is 11.8. The van der Waals surface area contributed by atoms with Crippen molar-refractivity contribution >= 4 is 27.5 Å². The Hall–Kier alpha value is -3.23. The molecule has 3 aromatic rings. The Labute approximate surface area is 201 Å². The summed E-state index contributed by atoms with van der Waals surface area (Å²) >= 11 is 3.54. The number of aryl methyl sites for hydroxylation is 1. The van der Waals surface area contributed by atoms with Gasteiger partial charge in [-0.1, -0.05) is 23.8 Å². The number of hydrogen-bond donors (Lipinski definition) is 2. The van der Waals surface area contributed by atoms with Gasteiger partial charge in [-0.15, -0.1) is 0 Å². The van der Waals surface area contributed by atoms with Gasteiger partial charge in [-0.3, -0.25) is 4.79 Å². The summed E-state index contributed by atoms with van der Waals surface area (Å²) in [7, 11) is 1.57. The van der Waals surface area contributed by atoms with Crippen LogP contribution in [0.1, 0.15) is 16.7 Å². The van der Waals surface area contributed by atoms with E-state index in [1.165, 1.54) is 0 Å². The van der Waals surface area contributed by atoms with Gasteiger partial charge in [0.05, 0.1) is 11.6 Å². The Morgan fingerprint density at radius 3 is 2.55 bits per heavy atom. The highest BCUT2D eigenvalue weighted by Gasteiger charge is 2.15. The number of nitrogens with one attached hydrogen (secondary N) is 2. The molecular weight excluding hydrogens is 488 g/mol. The van der Waals surface area contributed by atoms with Crippen molar-refractivity contribution < 1.29 is 23.7 Å². The van der Waals surface area contributed by atoms with Crippen LogP contribution < -0.4 is 29.6 Å². The van der Waals surface area contributed by atoms with E-state index < -0.39 is 0 Å². The maximum atomic E-state index is 12.3. The van der Waals surface area contributed by atoms with Gasteiger partial charge in [0.25, 0.3) is 5.91 Å². The van der Waals surface area contributed by atoms with Gasteiger partial charge in [0.15, 0.2) is 29.6 Å². The highest BCUT2D eigenvalue weighted by atomic mass is 79.9. The third-order valence-corrected chi connectivity index (χ3v) is 5.66.